The van der Waals surface area contributed by atoms with Crippen LogP contribution in [0.5, 0.6) is 0 Å². The molecule has 0 spiro atoms. The SMILES string of the molecule is O=C(Nc1ccccc1Cl)c1nnccc1N1CCNCC1C(=O)c1ccccc1C(F)(F)F. The molecule has 0 saturated carbocycles. The zero-order valence-electron chi connectivity index (χ0n) is 17.6. The van der Waals surface area contributed by atoms with Crippen molar-refractivity contribution < 1.29 is 22.8 Å². The fraction of sp³-hybridized carbons (Fsp3) is 0.217. The molecule has 2 heterocycles. The number of alkyl halides is 3. The third-order valence-corrected chi connectivity index (χ3v) is 5.72. The lowest BCUT2D eigenvalue weighted by Crippen LogP contribution is -2.55. The van der Waals surface area contributed by atoms with E-state index in [0.717, 1.165) is 12.1 Å². The van der Waals surface area contributed by atoms with Gasteiger partial charge in [0.05, 0.1) is 28.2 Å². The van der Waals surface area contributed by atoms with Crippen molar-refractivity contribution in [3.8, 4) is 0 Å². The van der Waals surface area contributed by atoms with Crippen molar-refractivity contribution in [1.29, 1.82) is 0 Å². The number of anilines is 2. The van der Waals surface area contributed by atoms with E-state index in [1.807, 2.05) is 0 Å². The Bertz CT molecular complexity index is 1220. The minimum atomic E-state index is -4.68. The predicted octanol–water partition coefficient (Wildman–Crippen LogP) is 4.06. The van der Waals surface area contributed by atoms with E-state index in [0.29, 0.717) is 17.3 Å². The number of ketones is 1. The maximum atomic E-state index is 13.5. The Morgan fingerprint density at radius 2 is 1.82 bits per heavy atom. The van der Waals surface area contributed by atoms with E-state index < -0.39 is 35.0 Å². The molecule has 1 saturated heterocycles. The number of piperazine rings is 1. The number of carbonyl (C=O) groups is 2. The highest BCUT2D eigenvalue weighted by atomic mass is 35.5. The molecule has 2 N–H and O–H groups in total. The zero-order chi connectivity index (χ0) is 24.3. The molecule has 1 atom stereocenters. The number of para-hydroxylation sites is 1. The second kappa shape index (κ2) is 9.78. The third-order valence-electron chi connectivity index (χ3n) is 5.39. The van der Waals surface area contributed by atoms with E-state index in [-0.39, 0.29) is 24.5 Å². The van der Waals surface area contributed by atoms with Crippen LogP contribution in [0.2, 0.25) is 5.02 Å². The molecule has 176 valence electrons. The van der Waals surface area contributed by atoms with Crippen LogP contribution in [0, 0.1) is 0 Å². The first-order chi connectivity index (χ1) is 16.3. The summed E-state index contributed by atoms with van der Waals surface area (Å²) in [5.41, 5.74) is -0.874. The molecule has 7 nitrogen and oxygen atoms in total. The fourth-order valence-electron chi connectivity index (χ4n) is 3.81. The van der Waals surface area contributed by atoms with Crippen LogP contribution in [0.1, 0.15) is 26.4 Å². The fourth-order valence-corrected chi connectivity index (χ4v) is 4.00. The molecule has 1 aromatic heterocycles. The lowest BCUT2D eigenvalue weighted by molar-refractivity contribution is -0.137. The van der Waals surface area contributed by atoms with Crippen LogP contribution in [0.15, 0.2) is 60.8 Å². The van der Waals surface area contributed by atoms with E-state index in [9.17, 15) is 22.8 Å². The van der Waals surface area contributed by atoms with Gasteiger partial charge in [-0.05, 0) is 24.3 Å². The minimum absolute atomic E-state index is 0.0776. The largest absolute Gasteiger partial charge is 0.417 e. The summed E-state index contributed by atoms with van der Waals surface area (Å²) < 4.78 is 40.6. The molecule has 0 radical (unpaired) electrons. The van der Waals surface area contributed by atoms with Crippen LogP contribution in [-0.2, 0) is 6.18 Å². The van der Waals surface area contributed by atoms with Crippen LogP contribution < -0.4 is 15.5 Å². The van der Waals surface area contributed by atoms with Crippen molar-refractivity contribution in [3.05, 3.63) is 82.6 Å². The molecular formula is C23H19ClF3N5O2. The number of nitrogens with zero attached hydrogens (tertiary/aromatic N) is 3. The number of carbonyl (C=O) groups excluding carboxylic acids is 2. The van der Waals surface area contributed by atoms with Gasteiger partial charge in [0.25, 0.3) is 5.91 Å². The van der Waals surface area contributed by atoms with E-state index in [1.165, 1.54) is 24.4 Å². The summed E-state index contributed by atoms with van der Waals surface area (Å²) in [6, 6.07) is 11.8. The summed E-state index contributed by atoms with van der Waals surface area (Å²) in [4.78, 5) is 27.9. The molecule has 1 amide bonds. The molecule has 1 aliphatic rings. The second-order valence-corrected chi connectivity index (χ2v) is 7.93. The third kappa shape index (κ3) is 4.87. The molecule has 2 aromatic carbocycles. The summed E-state index contributed by atoms with van der Waals surface area (Å²) >= 11 is 6.12. The summed E-state index contributed by atoms with van der Waals surface area (Å²) in [5.74, 6) is -1.33. The average molecular weight is 490 g/mol. The van der Waals surface area contributed by atoms with Crippen molar-refractivity contribution >= 4 is 34.7 Å². The van der Waals surface area contributed by atoms with Gasteiger partial charge in [0, 0.05) is 25.2 Å². The molecule has 11 heteroatoms. The number of Topliss-reactive ketones (excluding diaryl/α,β-unsaturated/α-hetero) is 1. The van der Waals surface area contributed by atoms with Gasteiger partial charge in [-0.3, -0.25) is 9.59 Å². The van der Waals surface area contributed by atoms with E-state index >= 15 is 0 Å². The number of rotatable bonds is 5. The average Bonchev–Trinajstić information content (AvgIpc) is 2.84. The predicted molar refractivity (Wildman–Crippen MR) is 121 cm³/mol. The van der Waals surface area contributed by atoms with Gasteiger partial charge in [-0.2, -0.15) is 18.3 Å². The highest BCUT2D eigenvalue weighted by Crippen LogP contribution is 2.33. The Kier molecular flexibility index (Phi) is 6.80. The maximum Gasteiger partial charge on any atom is 0.417 e. The molecule has 1 aliphatic heterocycles. The number of hydrogen-bond donors (Lipinski definition) is 2. The van der Waals surface area contributed by atoms with Crippen LogP contribution in [0.4, 0.5) is 24.5 Å². The monoisotopic (exact) mass is 489 g/mol. The van der Waals surface area contributed by atoms with Gasteiger partial charge in [-0.25, -0.2) is 0 Å². The molecule has 1 fully saturated rings. The number of halogens is 4. The van der Waals surface area contributed by atoms with E-state index in [2.05, 4.69) is 20.8 Å². The number of benzene rings is 2. The van der Waals surface area contributed by atoms with Crippen molar-refractivity contribution in [3.63, 3.8) is 0 Å². The van der Waals surface area contributed by atoms with Gasteiger partial charge in [-0.1, -0.05) is 41.9 Å². The van der Waals surface area contributed by atoms with Crippen LogP contribution >= 0.6 is 11.6 Å². The summed E-state index contributed by atoms with van der Waals surface area (Å²) in [6.07, 6.45) is -3.33. The summed E-state index contributed by atoms with van der Waals surface area (Å²) in [7, 11) is 0. The molecule has 4 rings (SSSR count). The topological polar surface area (TPSA) is 87.2 Å². The first-order valence-electron chi connectivity index (χ1n) is 10.3. The van der Waals surface area contributed by atoms with E-state index in [1.54, 1.807) is 29.2 Å². The lowest BCUT2D eigenvalue weighted by atomic mass is 9.96. The molecule has 1 unspecified atom stereocenters. The molecule has 3 aromatic rings. The standard InChI is InChI=1S/C23H19ClF3N5O2/c24-16-7-3-4-8-17(16)30-22(34)20-18(9-10-29-31-20)32-12-11-28-13-19(32)21(33)14-5-1-2-6-15(14)23(25,26)27/h1-10,19,28H,11-13H2,(H,30,34). The van der Waals surface area contributed by atoms with Crippen LogP contribution in [0.3, 0.4) is 0 Å². The van der Waals surface area contributed by atoms with Crippen molar-refractivity contribution in [2.75, 3.05) is 29.9 Å². The second-order valence-electron chi connectivity index (χ2n) is 7.52. The van der Waals surface area contributed by atoms with Gasteiger partial charge in [-0.15, -0.1) is 5.10 Å². The first-order valence-corrected chi connectivity index (χ1v) is 10.7. The Labute approximate surface area is 197 Å². The number of amides is 1. The Morgan fingerprint density at radius 1 is 1.09 bits per heavy atom. The number of hydrogen-bond acceptors (Lipinski definition) is 6. The normalized spacial score (nSPS) is 16.2. The zero-order valence-corrected chi connectivity index (χ0v) is 18.4. The molecule has 0 bridgehead atoms. The highest BCUT2D eigenvalue weighted by Gasteiger charge is 2.39. The highest BCUT2D eigenvalue weighted by molar-refractivity contribution is 6.34. The van der Waals surface area contributed by atoms with Gasteiger partial charge < -0.3 is 15.5 Å². The molecule has 0 aliphatic carbocycles. The van der Waals surface area contributed by atoms with Gasteiger partial charge in [0.1, 0.15) is 6.04 Å². The maximum absolute atomic E-state index is 13.5. The first kappa shape index (κ1) is 23.7. The van der Waals surface area contributed by atoms with Gasteiger partial charge in [0.15, 0.2) is 11.5 Å². The minimum Gasteiger partial charge on any atom is -0.357 e. The lowest BCUT2D eigenvalue weighted by Gasteiger charge is -2.37. The van der Waals surface area contributed by atoms with E-state index in [4.69, 9.17) is 11.6 Å². The van der Waals surface area contributed by atoms with Crippen LogP contribution in [-0.4, -0.2) is 47.6 Å². The number of nitrogens with one attached hydrogen (secondary N) is 2. The van der Waals surface area contributed by atoms with Crippen LogP contribution in [0.25, 0.3) is 0 Å². The Hall–Kier alpha value is -3.50. The van der Waals surface area contributed by atoms with Gasteiger partial charge in [0.2, 0.25) is 0 Å². The number of aromatic nitrogens is 2. The molecule has 34 heavy (non-hydrogen) atoms. The molecular weight excluding hydrogens is 471 g/mol. The Morgan fingerprint density at radius 3 is 2.59 bits per heavy atom. The van der Waals surface area contributed by atoms with Gasteiger partial charge >= 0.3 is 6.18 Å². The summed E-state index contributed by atoms with van der Waals surface area (Å²) in [6.45, 7) is 0.820. The smallest absolute Gasteiger partial charge is 0.357 e. The quantitative estimate of drug-likeness (QED) is 0.526. The van der Waals surface area contributed by atoms with Crippen molar-refractivity contribution in [2.24, 2.45) is 0 Å². The van der Waals surface area contributed by atoms with Crippen molar-refractivity contribution in [1.82, 2.24) is 15.5 Å². The Balaban J connectivity index is 1.69. The van der Waals surface area contributed by atoms with Crippen molar-refractivity contribution in [2.45, 2.75) is 12.2 Å². The summed E-state index contributed by atoms with van der Waals surface area (Å²) in [5, 5.41) is 13.7.